The average molecular weight is 443 g/mol. The second kappa shape index (κ2) is 8.97. The zero-order chi connectivity index (χ0) is 22.0. The van der Waals surface area contributed by atoms with Gasteiger partial charge in [0, 0.05) is 43.3 Å². The number of carbonyl (C=O) groups is 1. The Morgan fingerprint density at radius 3 is 2.81 bits per heavy atom. The highest BCUT2D eigenvalue weighted by atomic mass is 35.5. The van der Waals surface area contributed by atoms with E-state index in [0.717, 1.165) is 25.7 Å². The number of aromatic amines is 1. The maximum atomic E-state index is 12.2. The highest BCUT2D eigenvalue weighted by Gasteiger charge is 2.28. The number of halogens is 1. The van der Waals surface area contributed by atoms with Crippen molar-refractivity contribution >= 4 is 46.5 Å². The largest absolute Gasteiger partial charge is 0.386 e. The molecule has 31 heavy (non-hydrogen) atoms. The molecule has 1 saturated carbocycles. The molecule has 0 aromatic carbocycles. The predicted octanol–water partition coefficient (Wildman–Crippen LogP) is 3.24. The number of H-pyrrole nitrogens is 1. The molecule has 1 saturated heterocycles. The Bertz CT molecular complexity index is 1030. The number of fused-ring (bicyclic) bond motifs is 1. The minimum absolute atomic E-state index is 0.0197. The van der Waals surface area contributed by atoms with Crippen LogP contribution in [-0.4, -0.2) is 56.6 Å². The maximum Gasteiger partial charge on any atom is 0.246 e. The van der Waals surface area contributed by atoms with Crippen LogP contribution in [0.4, 0.5) is 11.8 Å². The number of rotatable bonds is 8. The Hall–Kier alpha value is -3.07. The monoisotopic (exact) mass is 442 g/mol. The van der Waals surface area contributed by atoms with Crippen LogP contribution in [0.2, 0.25) is 5.02 Å². The van der Waals surface area contributed by atoms with Gasteiger partial charge in [-0.05, 0) is 38.7 Å². The Morgan fingerprint density at radius 1 is 1.32 bits per heavy atom. The second-order valence-electron chi connectivity index (χ2n) is 8.03. The minimum Gasteiger partial charge on any atom is -0.386 e. The topological polar surface area (TPSA) is 122 Å². The lowest BCUT2D eigenvalue weighted by Gasteiger charge is -2.38. The van der Waals surface area contributed by atoms with Gasteiger partial charge in [0.15, 0.2) is 0 Å². The van der Waals surface area contributed by atoms with Crippen molar-refractivity contribution < 1.29 is 4.79 Å². The SMILES string of the molecule is C=CC(=O)N1C[C@H](Nc2nc(N/C(C=N)=C/NC3CC3)nc3[nH]cc(Cl)c23)CC[C@@H]1C. The van der Waals surface area contributed by atoms with Crippen LogP contribution >= 0.6 is 11.6 Å². The number of piperidine rings is 1. The van der Waals surface area contributed by atoms with Crippen LogP contribution in [0.3, 0.4) is 0 Å². The molecule has 2 aromatic rings. The fourth-order valence-electron chi connectivity index (χ4n) is 3.70. The van der Waals surface area contributed by atoms with Gasteiger partial charge in [0.05, 0.1) is 16.1 Å². The Balaban J connectivity index is 1.58. The summed E-state index contributed by atoms with van der Waals surface area (Å²) in [5, 5.41) is 18.7. The van der Waals surface area contributed by atoms with Gasteiger partial charge >= 0.3 is 0 Å². The molecule has 0 unspecified atom stereocenters. The summed E-state index contributed by atoms with van der Waals surface area (Å²) in [6.45, 7) is 6.21. The number of aromatic nitrogens is 3. The first kappa shape index (κ1) is 21.2. The summed E-state index contributed by atoms with van der Waals surface area (Å²) >= 11 is 6.39. The van der Waals surface area contributed by atoms with Gasteiger partial charge in [-0.25, -0.2) is 0 Å². The van der Waals surface area contributed by atoms with E-state index in [0.29, 0.717) is 46.1 Å². The zero-order valence-corrected chi connectivity index (χ0v) is 18.2. The zero-order valence-electron chi connectivity index (χ0n) is 17.4. The molecule has 9 nitrogen and oxygen atoms in total. The summed E-state index contributed by atoms with van der Waals surface area (Å²) in [6.07, 6.45) is 10.1. The molecular weight excluding hydrogens is 416 g/mol. The van der Waals surface area contributed by atoms with Crippen LogP contribution in [0.1, 0.15) is 32.6 Å². The summed E-state index contributed by atoms with van der Waals surface area (Å²) in [5.41, 5.74) is 1.15. The predicted molar refractivity (Wildman–Crippen MR) is 124 cm³/mol. The molecule has 0 spiro atoms. The third kappa shape index (κ3) is 4.82. The lowest BCUT2D eigenvalue weighted by molar-refractivity contribution is -0.129. The van der Waals surface area contributed by atoms with Crippen LogP contribution in [0.25, 0.3) is 11.0 Å². The van der Waals surface area contributed by atoms with Crippen molar-refractivity contribution in [2.24, 2.45) is 0 Å². The fourth-order valence-corrected chi connectivity index (χ4v) is 3.93. The van der Waals surface area contributed by atoms with Crippen LogP contribution < -0.4 is 16.0 Å². The molecule has 2 fully saturated rings. The summed E-state index contributed by atoms with van der Waals surface area (Å²) < 4.78 is 0. The number of allylic oxidation sites excluding steroid dienone is 1. The van der Waals surface area contributed by atoms with Crippen molar-refractivity contribution in [2.45, 2.75) is 50.7 Å². The molecule has 164 valence electrons. The van der Waals surface area contributed by atoms with E-state index in [1.165, 1.54) is 12.3 Å². The van der Waals surface area contributed by atoms with Crippen molar-refractivity contribution in [2.75, 3.05) is 17.2 Å². The maximum absolute atomic E-state index is 12.2. The van der Waals surface area contributed by atoms with Gasteiger partial charge < -0.3 is 31.2 Å². The van der Waals surface area contributed by atoms with E-state index in [9.17, 15) is 4.79 Å². The minimum atomic E-state index is -0.0715. The van der Waals surface area contributed by atoms with Gasteiger partial charge in [-0.1, -0.05) is 18.2 Å². The molecule has 1 aliphatic carbocycles. The molecular formula is C21H27ClN8O. The molecule has 2 aliphatic rings. The van der Waals surface area contributed by atoms with E-state index in [1.807, 2.05) is 11.8 Å². The highest BCUT2D eigenvalue weighted by molar-refractivity contribution is 6.36. The van der Waals surface area contributed by atoms with Crippen LogP contribution in [0.15, 0.2) is 30.7 Å². The summed E-state index contributed by atoms with van der Waals surface area (Å²) in [6, 6.07) is 0.669. The number of nitrogens with zero attached hydrogens (tertiary/aromatic N) is 3. The normalized spacial score (nSPS) is 21.6. The molecule has 3 heterocycles. The fraction of sp³-hybridized carbons (Fsp3) is 0.429. The molecule has 2 atom stereocenters. The molecule has 10 heteroatoms. The van der Waals surface area contributed by atoms with E-state index in [1.54, 1.807) is 12.4 Å². The van der Waals surface area contributed by atoms with Crippen molar-refractivity contribution in [3.05, 3.63) is 35.8 Å². The summed E-state index contributed by atoms with van der Waals surface area (Å²) in [5.74, 6) is 0.866. The van der Waals surface area contributed by atoms with E-state index in [-0.39, 0.29) is 18.0 Å². The number of amides is 1. The lowest BCUT2D eigenvalue weighted by Crippen LogP contribution is -2.49. The van der Waals surface area contributed by atoms with Gasteiger partial charge in [0.25, 0.3) is 0 Å². The van der Waals surface area contributed by atoms with E-state index < -0.39 is 0 Å². The number of anilines is 2. The second-order valence-corrected chi connectivity index (χ2v) is 8.44. The Kier molecular flexibility index (Phi) is 6.13. The van der Waals surface area contributed by atoms with Gasteiger partial charge in [-0.15, -0.1) is 0 Å². The van der Waals surface area contributed by atoms with Crippen LogP contribution in [0, 0.1) is 5.41 Å². The molecule has 2 aromatic heterocycles. The number of hydrogen-bond acceptors (Lipinski definition) is 7. The van der Waals surface area contributed by atoms with E-state index in [2.05, 4.69) is 37.5 Å². The van der Waals surface area contributed by atoms with E-state index >= 15 is 0 Å². The average Bonchev–Trinajstić information content (AvgIpc) is 3.53. The quantitative estimate of drug-likeness (QED) is 0.316. The number of nitrogens with one attached hydrogen (secondary N) is 5. The molecule has 0 radical (unpaired) electrons. The first-order chi connectivity index (χ1) is 15.0. The highest BCUT2D eigenvalue weighted by Crippen LogP contribution is 2.31. The molecule has 1 aliphatic heterocycles. The lowest BCUT2D eigenvalue weighted by atomic mass is 9.99. The van der Waals surface area contributed by atoms with Crippen molar-refractivity contribution in [3.8, 4) is 0 Å². The van der Waals surface area contributed by atoms with Crippen molar-refractivity contribution in [1.29, 1.82) is 5.41 Å². The molecule has 5 N–H and O–H groups in total. The van der Waals surface area contributed by atoms with Gasteiger partial charge in [0.1, 0.15) is 11.5 Å². The van der Waals surface area contributed by atoms with Crippen LogP contribution in [-0.2, 0) is 4.79 Å². The first-order valence-corrected chi connectivity index (χ1v) is 10.8. The number of carbonyl (C=O) groups excluding carboxylic acids is 1. The van der Waals surface area contributed by atoms with Crippen molar-refractivity contribution in [1.82, 2.24) is 25.2 Å². The van der Waals surface area contributed by atoms with E-state index in [4.69, 9.17) is 17.0 Å². The number of likely N-dealkylation sites (tertiary alicyclic amines) is 1. The molecule has 1 amide bonds. The van der Waals surface area contributed by atoms with Gasteiger partial charge in [-0.2, -0.15) is 9.97 Å². The smallest absolute Gasteiger partial charge is 0.246 e. The Morgan fingerprint density at radius 2 is 2.10 bits per heavy atom. The third-order valence-corrected chi connectivity index (χ3v) is 5.93. The molecule has 4 rings (SSSR count). The van der Waals surface area contributed by atoms with Gasteiger partial charge in [0.2, 0.25) is 11.9 Å². The van der Waals surface area contributed by atoms with Gasteiger partial charge in [-0.3, -0.25) is 4.79 Å². The van der Waals surface area contributed by atoms with Crippen LogP contribution in [0.5, 0.6) is 0 Å². The van der Waals surface area contributed by atoms with Crippen molar-refractivity contribution in [3.63, 3.8) is 0 Å². The summed E-state index contributed by atoms with van der Waals surface area (Å²) in [4.78, 5) is 26.2. The standard InChI is InChI=1S/C21H27ClN8O/c1-3-17(31)30-11-14(5-4-12(30)2)26-20-18-16(22)10-25-19(18)28-21(29-20)27-15(8-23)9-24-13-6-7-13/h3,8-10,12-14,23-24H,1,4-7,11H2,2H3,(H3,25,26,27,28,29)/b15-9+,23-8?/t12-,14+/m0/s1. The first-order valence-electron chi connectivity index (χ1n) is 10.5. The molecule has 0 bridgehead atoms. The summed E-state index contributed by atoms with van der Waals surface area (Å²) in [7, 11) is 0. The third-order valence-electron chi connectivity index (χ3n) is 5.63. The number of hydrogen-bond donors (Lipinski definition) is 5. The Labute approximate surface area is 185 Å².